The van der Waals surface area contributed by atoms with Gasteiger partial charge in [0, 0.05) is 49.4 Å². The maximum absolute atomic E-state index is 15.1. The van der Waals surface area contributed by atoms with Crippen LogP contribution in [-0.2, 0) is 13.2 Å². The summed E-state index contributed by atoms with van der Waals surface area (Å²) in [5.41, 5.74) is 1.81. The first-order valence-corrected chi connectivity index (χ1v) is 12.0. The maximum Gasteiger partial charge on any atom is 0.165 e. The fourth-order valence-corrected chi connectivity index (χ4v) is 4.37. The predicted octanol–water partition coefficient (Wildman–Crippen LogP) is 4.65. The zero-order valence-corrected chi connectivity index (χ0v) is 20.7. The molecule has 2 heterocycles. The van der Waals surface area contributed by atoms with Gasteiger partial charge in [-0.2, -0.15) is 0 Å². The van der Waals surface area contributed by atoms with Crippen LogP contribution in [0.5, 0.6) is 11.5 Å². The number of amidine groups is 2. The highest BCUT2D eigenvalue weighted by atomic mass is 19.1. The quantitative estimate of drug-likeness (QED) is 0.445. The Hall–Kier alpha value is -4.01. The smallest absolute Gasteiger partial charge is 0.165 e. The summed E-state index contributed by atoms with van der Waals surface area (Å²) in [6.07, 6.45) is 0. The molecule has 5 rings (SSSR count). The Balaban J connectivity index is 1.23. The van der Waals surface area contributed by atoms with Crippen molar-refractivity contribution in [1.29, 1.82) is 0 Å². The first-order valence-electron chi connectivity index (χ1n) is 12.0. The molecule has 2 aliphatic heterocycles. The van der Waals surface area contributed by atoms with Crippen LogP contribution in [0.15, 0.2) is 64.6 Å². The van der Waals surface area contributed by atoms with Crippen molar-refractivity contribution in [3.05, 3.63) is 94.3 Å². The average molecular weight is 509 g/mol. The first kappa shape index (κ1) is 24.7. The maximum atomic E-state index is 15.1. The number of ether oxygens (including phenoxy) is 2. The highest BCUT2D eigenvalue weighted by Crippen LogP contribution is 2.25. The number of benzene rings is 3. The molecule has 3 aromatic carbocycles. The van der Waals surface area contributed by atoms with Crippen LogP contribution in [0.4, 0.5) is 13.2 Å². The SMILES string of the molecule is CN1CCN=C1c1ccc(OCc2cccc(COc3ccc(C4=NCCN4C)cc3F)c2F)c(F)c1. The van der Waals surface area contributed by atoms with Crippen LogP contribution in [0.1, 0.15) is 22.3 Å². The fraction of sp³-hybridized carbons (Fsp3) is 0.286. The van der Waals surface area contributed by atoms with Gasteiger partial charge in [-0.25, -0.2) is 13.2 Å². The number of nitrogens with zero attached hydrogens (tertiary/aromatic N) is 4. The van der Waals surface area contributed by atoms with E-state index in [9.17, 15) is 8.78 Å². The number of aliphatic imine (C=N–C) groups is 2. The van der Waals surface area contributed by atoms with E-state index in [0.29, 0.717) is 24.2 Å². The molecule has 0 fully saturated rings. The van der Waals surface area contributed by atoms with Crippen LogP contribution in [-0.4, -0.2) is 61.7 Å². The van der Waals surface area contributed by atoms with Crippen molar-refractivity contribution in [1.82, 2.24) is 9.80 Å². The number of hydrogen-bond donors (Lipinski definition) is 0. The average Bonchev–Trinajstić information content (AvgIpc) is 3.51. The Labute approximate surface area is 213 Å². The second-order valence-corrected chi connectivity index (χ2v) is 9.01. The molecule has 0 spiro atoms. The van der Waals surface area contributed by atoms with Crippen molar-refractivity contribution in [2.75, 3.05) is 40.3 Å². The molecule has 0 radical (unpaired) electrons. The summed E-state index contributed by atoms with van der Waals surface area (Å²) in [4.78, 5) is 12.7. The second-order valence-electron chi connectivity index (χ2n) is 9.01. The van der Waals surface area contributed by atoms with Crippen molar-refractivity contribution in [2.45, 2.75) is 13.2 Å². The van der Waals surface area contributed by atoms with Crippen LogP contribution in [0.2, 0.25) is 0 Å². The van der Waals surface area contributed by atoms with Gasteiger partial charge in [0.25, 0.3) is 0 Å². The predicted molar refractivity (Wildman–Crippen MR) is 136 cm³/mol. The van der Waals surface area contributed by atoms with Gasteiger partial charge >= 0.3 is 0 Å². The molecule has 0 N–H and O–H groups in total. The first-order chi connectivity index (χ1) is 17.9. The van der Waals surface area contributed by atoms with Crippen LogP contribution in [0.25, 0.3) is 0 Å². The third-order valence-corrected chi connectivity index (χ3v) is 6.42. The van der Waals surface area contributed by atoms with Crippen molar-refractivity contribution < 1.29 is 22.6 Å². The molecule has 6 nitrogen and oxygen atoms in total. The van der Waals surface area contributed by atoms with E-state index in [0.717, 1.165) is 24.8 Å². The Morgan fingerprint density at radius 3 is 1.54 bits per heavy atom. The lowest BCUT2D eigenvalue weighted by molar-refractivity contribution is 0.274. The standard InChI is InChI=1S/C28H27F3N4O2/c1-34-12-10-32-27(34)18-6-8-24(22(29)14-18)36-16-20-4-3-5-21(26(20)31)17-37-25-9-7-19(15-23(25)30)28-33-11-13-35(28)2/h3-9,14-15H,10-13,16-17H2,1-2H3. The Morgan fingerprint density at radius 1 is 0.703 bits per heavy atom. The molecule has 0 aromatic heterocycles. The summed E-state index contributed by atoms with van der Waals surface area (Å²) >= 11 is 0. The van der Waals surface area contributed by atoms with Gasteiger partial charge in [-0.3, -0.25) is 9.98 Å². The fourth-order valence-electron chi connectivity index (χ4n) is 4.37. The van der Waals surface area contributed by atoms with Gasteiger partial charge in [-0.1, -0.05) is 18.2 Å². The molecule has 0 saturated carbocycles. The number of hydrogen-bond acceptors (Lipinski definition) is 6. The minimum Gasteiger partial charge on any atom is -0.486 e. The normalized spacial score (nSPS) is 15.2. The molecule has 0 atom stereocenters. The van der Waals surface area contributed by atoms with Gasteiger partial charge in [-0.05, 0) is 36.4 Å². The van der Waals surface area contributed by atoms with Gasteiger partial charge in [-0.15, -0.1) is 0 Å². The third kappa shape index (κ3) is 5.26. The zero-order valence-electron chi connectivity index (χ0n) is 20.7. The van der Waals surface area contributed by atoms with E-state index in [1.54, 1.807) is 30.3 Å². The number of likely N-dealkylation sites (N-methyl/N-ethyl adjacent to an activating group) is 2. The highest BCUT2D eigenvalue weighted by Gasteiger charge is 2.19. The molecular formula is C28H27F3N4O2. The van der Waals surface area contributed by atoms with E-state index in [1.807, 2.05) is 23.9 Å². The van der Waals surface area contributed by atoms with E-state index < -0.39 is 17.5 Å². The van der Waals surface area contributed by atoms with Gasteiger partial charge in [0.1, 0.15) is 30.7 Å². The van der Waals surface area contributed by atoms with E-state index in [-0.39, 0.29) is 35.8 Å². The van der Waals surface area contributed by atoms with Crippen LogP contribution < -0.4 is 9.47 Å². The molecule has 9 heteroatoms. The summed E-state index contributed by atoms with van der Waals surface area (Å²) in [7, 11) is 3.81. The third-order valence-electron chi connectivity index (χ3n) is 6.42. The van der Waals surface area contributed by atoms with Crippen molar-refractivity contribution in [2.24, 2.45) is 9.98 Å². The van der Waals surface area contributed by atoms with Crippen molar-refractivity contribution in [3.63, 3.8) is 0 Å². The minimum absolute atomic E-state index is 0.0192. The van der Waals surface area contributed by atoms with Crippen molar-refractivity contribution >= 4 is 11.7 Å². The Morgan fingerprint density at radius 2 is 1.16 bits per heavy atom. The molecule has 0 bridgehead atoms. The van der Waals surface area contributed by atoms with Crippen LogP contribution in [0.3, 0.4) is 0 Å². The largest absolute Gasteiger partial charge is 0.486 e. The molecule has 0 amide bonds. The molecule has 2 aliphatic rings. The van der Waals surface area contributed by atoms with Crippen LogP contribution in [0, 0.1) is 17.5 Å². The molecular weight excluding hydrogens is 481 g/mol. The lowest BCUT2D eigenvalue weighted by Crippen LogP contribution is -2.23. The Bertz CT molecular complexity index is 1280. The molecule has 192 valence electrons. The number of rotatable bonds is 8. The van der Waals surface area contributed by atoms with Gasteiger partial charge < -0.3 is 19.3 Å². The van der Waals surface area contributed by atoms with E-state index in [2.05, 4.69) is 9.98 Å². The van der Waals surface area contributed by atoms with Gasteiger partial charge in [0.15, 0.2) is 23.1 Å². The number of halogens is 3. The summed E-state index contributed by atoms with van der Waals surface area (Å²) in [6, 6.07) is 14.0. The van der Waals surface area contributed by atoms with Gasteiger partial charge in [0.2, 0.25) is 0 Å². The summed E-state index contributed by atoms with van der Waals surface area (Å²) in [5.74, 6) is -0.134. The van der Waals surface area contributed by atoms with Gasteiger partial charge in [0.05, 0.1) is 13.1 Å². The summed E-state index contributed by atoms with van der Waals surface area (Å²) in [6.45, 7) is 2.59. The molecule has 0 aliphatic carbocycles. The lowest BCUT2D eigenvalue weighted by Gasteiger charge is -2.15. The second kappa shape index (κ2) is 10.5. The minimum atomic E-state index is -0.547. The summed E-state index contributed by atoms with van der Waals surface area (Å²) in [5, 5.41) is 0. The zero-order chi connectivity index (χ0) is 25.9. The highest BCUT2D eigenvalue weighted by molar-refractivity contribution is 6.00. The Kier molecular flexibility index (Phi) is 7.03. The van der Waals surface area contributed by atoms with E-state index in [1.165, 1.54) is 24.3 Å². The monoisotopic (exact) mass is 508 g/mol. The molecule has 0 unspecified atom stereocenters. The molecule has 3 aromatic rings. The molecule has 37 heavy (non-hydrogen) atoms. The van der Waals surface area contributed by atoms with E-state index >= 15 is 4.39 Å². The summed E-state index contributed by atoms with van der Waals surface area (Å²) < 4.78 is 55.6. The molecule has 0 saturated heterocycles. The van der Waals surface area contributed by atoms with Crippen LogP contribution >= 0.6 is 0 Å². The lowest BCUT2D eigenvalue weighted by atomic mass is 10.1. The topological polar surface area (TPSA) is 49.7 Å². The van der Waals surface area contributed by atoms with Crippen molar-refractivity contribution in [3.8, 4) is 11.5 Å². The van der Waals surface area contributed by atoms with E-state index in [4.69, 9.17) is 9.47 Å².